The minimum atomic E-state index is 0.175. The molecule has 3 rings (SSSR count). The Kier molecular flexibility index (Phi) is 2.82. The van der Waals surface area contributed by atoms with Gasteiger partial charge in [-0.3, -0.25) is 4.79 Å². The molecule has 1 aliphatic heterocycles. The number of likely N-dealkylation sites (tertiary alicyclic amines) is 1. The summed E-state index contributed by atoms with van der Waals surface area (Å²) in [4.78, 5) is 17.5. The lowest BCUT2D eigenvalue weighted by Crippen LogP contribution is -2.28. The molecule has 1 aliphatic rings. The van der Waals surface area contributed by atoms with Gasteiger partial charge in [0.2, 0.25) is 0 Å². The van der Waals surface area contributed by atoms with E-state index in [0.29, 0.717) is 5.92 Å². The van der Waals surface area contributed by atoms with Crippen LogP contribution in [0.3, 0.4) is 0 Å². The molecule has 94 valence electrons. The molecule has 1 aromatic carbocycles. The summed E-state index contributed by atoms with van der Waals surface area (Å²) < 4.78 is 0. The van der Waals surface area contributed by atoms with Crippen molar-refractivity contribution in [3.63, 3.8) is 0 Å². The SMILES string of the molecule is CCC1CCN(C(=O)c2ccc3[nH]ccc3c2)C1. The predicted octanol–water partition coefficient (Wildman–Crippen LogP) is 3.04. The maximum Gasteiger partial charge on any atom is 0.253 e. The van der Waals surface area contributed by atoms with E-state index in [-0.39, 0.29) is 5.91 Å². The van der Waals surface area contributed by atoms with Gasteiger partial charge in [0, 0.05) is 35.8 Å². The molecular weight excluding hydrogens is 224 g/mol. The maximum absolute atomic E-state index is 12.4. The number of H-pyrrole nitrogens is 1. The molecule has 3 nitrogen and oxygen atoms in total. The fourth-order valence-electron chi connectivity index (χ4n) is 2.72. The van der Waals surface area contributed by atoms with E-state index in [0.717, 1.165) is 36.0 Å². The summed E-state index contributed by atoms with van der Waals surface area (Å²) in [6, 6.07) is 7.88. The highest BCUT2D eigenvalue weighted by atomic mass is 16.2. The van der Waals surface area contributed by atoms with Crippen LogP contribution in [0.25, 0.3) is 10.9 Å². The van der Waals surface area contributed by atoms with Gasteiger partial charge in [-0.1, -0.05) is 13.3 Å². The summed E-state index contributed by atoms with van der Waals surface area (Å²) >= 11 is 0. The number of nitrogens with one attached hydrogen (secondary N) is 1. The van der Waals surface area contributed by atoms with Crippen LogP contribution in [0.5, 0.6) is 0 Å². The zero-order chi connectivity index (χ0) is 12.5. The van der Waals surface area contributed by atoms with Gasteiger partial charge in [-0.2, -0.15) is 0 Å². The van der Waals surface area contributed by atoms with Crippen molar-refractivity contribution in [3.8, 4) is 0 Å². The van der Waals surface area contributed by atoms with Gasteiger partial charge in [0.05, 0.1) is 0 Å². The molecule has 2 aromatic rings. The Bertz CT molecular complexity index is 573. The highest BCUT2D eigenvalue weighted by Gasteiger charge is 2.25. The number of hydrogen-bond donors (Lipinski definition) is 1. The number of amides is 1. The molecule has 1 amide bonds. The van der Waals surface area contributed by atoms with Gasteiger partial charge in [0.1, 0.15) is 0 Å². The number of aromatic nitrogens is 1. The molecule has 2 heterocycles. The number of rotatable bonds is 2. The van der Waals surface area contributed by atoms with Crippen LogP contribution in [0.4, 0.5) is 0 Å². The second-order valence-corrected chi connectivity index (χ2v) is 5.09. The van der Waals surface area contributed by atoms with Crippen molar-refractivity contribution in [3.05, 3.63) is 36.0 Å². The standard InChI is InChI=1S/C15H18N2O/c1-2-11-6-8-17(10-11)15(18)13-3-4-14-12(9-13)5-7-16-14/h3-5,7,9,11,16H,2,6,8,10H2,1H3. The summed E-state index contributed by atoms with van der Waals surface area (Å²) in [5.74, 6) is 0.860. The molecule has 1 aromatic heterocycles. The second-order valence-electron chi connectivity index (χ2n) is 5.09. The lowest BCUT2D eigenvalue weighted by molar-refractivity contribution is 0.0787. The number of aromatic amines is 1. The fraction of sp³-hybridized carbons (Fsp3) is 0.400. The summed E-state index contributed by atoms with van der Waals surface area (Å²) in [5, 5.41) is 1.10. The fourth-order valence-corrected chi connectivity index (χ4v) is 2.72. The largest absolute Gasteiger partial charge is 0.361 e. The van der Waals surface area contributed by atoms with Gasteiger partial charge >= 0.3 is 0 Å². The molecule has 0 bridgehead atoms. The van der Waals surface area contributed by atoms with Crippen LogP contribution in [0.2, 0.25) is 0 Å². The molecule has 0 spiro atoms. The van der Waals surface area contributed by atoms with E-state index in [2.05, 4.69) is 11.9 Å². The van der Waals surface area contributed by atoms with Crippen molar-refractivity contribution in [2.75, 3.05) is 13.1 Å². The quantitative estimate of drug-likeness (QED) is 0.863. The first kappa shape index (κ1) is 11.3. The Morgan fingerprint density at radius 1 is 1.44 bits per heavy atom. The van der Waals surface area contributed by atoms with Gasteiger partial charge in [-0.05, 0) is 36.6 Å². The Morgan fingerprint density at radius 3 is 3.11 bits per heavy atom. The van der Waals surface area contributed by atoms with Gasteiger partial charge in [-0.15, -0.1) is 0 Å². The van der Waals surface area contributed by atoms with Gasteiger partial charge in [0.15, 0.2) is 0 Å². The average molecular weight is 242 g/mol. The lowest BCUT2D eigenvalue weighted by Gasteiger charge is -2.16. The number of hydrogen-bond acceptors (Lipinski definition) is 1. The Labute approximate surface area is 107 Å². The molecule has 0 saturated carbocycles. The monoisotopic (exact) mass is 242 g/mol. The van der Waals surface area contributed by atoms with E-state index in [9.17, 15) is 4.79 Å². The third-order valence-electron chi connectivity index (χ3n) is 3.95. The van der Waals surface area contributed by atoms with E-state index in [4.69, 9.17) is 0 Å². The maximum atomic E-state index is 12.4. The second kappa shape index (κ2) is 4.48. The van der Waals surface area contributed by atoms with Gasteiger partial charge in [0.25, 0.3) is 5.91 Å². The molecule has 0 radical (unpaired) electrons. The van der Waals surface area contributed by atoms with Crippen LogP contribution in [0.15, 0.2) is 30.5 Å². The summed E-state index contributed by atoms with van der Waals surface area (Å²) in [5.41, 5.74) is 1.89. The zero-order valence-electron chi connectivity index (χ0n) is 10.6. The van der Waals surface area contributed by atoms with Crippen molar-refractivity contribution < 1.29 is 4.79 Å². The van der Waals surface area contributed by atoms with Gasteiger partial charge in [-0.25, -0.2) is 0 Å². The molecule has 1 N–H and O–H groups in total. The third kappa shape index (κ3) is 1.90. The van der Waals surface area contributed by atoms with E-state index in [1.54, 1.807) is 0 Å². The Hall–Kier alpha value is -1.77. The van der Waals surface area contributed by atoms with E-state index < -0.39 is 0 Å². The van der Waals surface area contributed by atoms with Crippen LogP contribution in [0.1, 0.15) is 30.1 Å². The summed E-state index contributed by atoms with van der Waals surface area (Å²) in [6.45, 7) is 4.02. The Balaban J connectivity index is 1.83. The van der Waals surface area contributed by atoms with Crippen LogP contribution in [-0.2, 0) is 0 Å². The normalized spacial score (nSPS) is 19.6. The smallest absolute Gasteiger partial charge is 0.253 e. The lowest BCUT2D eigenvalue weighted by atomic mass is 10.1. The van der Waals surface area contributed by atoms with Crippen molar-refractivity contribution in [2.24, 2.45) is 5.92 Å². The molecule has 18 heavy (non-hydrogen) atoms. The Morgan fingerprint density at radius 2 is 2.33 bits per heavy atom. The average Bonchev–Trinajstić information content (AvgIpc) is 3.05. The van der Waals surface area contributed by atoms with Crippen LogP contribution >= 0.6 is 0 Å². The molecule has 0 aliphatic carbocycles. The van der Waals surface area contributed by atoms with Crippen molar-refractivity contribution in [2.45, 2.75) is 19.8 Å². The van der Waals surface area contributed by atoms with E-state index in [1.165, 1.54) is 6.42 Å². The molecule has 1 saturated heterocycles. The first-order chi connectivity index (χ1) is 8.78. The minimum absolute atomic E-state index is 0.175. The third-order valence-corrected chi connectivity index (χ3v) is 3.95. The zero-order valence-corrected chi connectivity index (χ0v) is 10.6. The highest BCUT2D eigenvalue weighted by molar-refractivity contribution is 5.98. The summed E-state index contributed by atoms with van der Waals surface area (Å²) in [6.07, 6.45) is 4.22. The predicted molar refractivity (Wildman–Crippen MR) is 72.6 cm³/mol. The molecular formula is C15H18N2O. The highest BCUT2D eigenvalue weighted by Crippen LogP contribution is 2.22. The number of fused-ring (bicyclic) bond motifs is 1. The van der Waals surface area contributed by atoms with Crippen LogP contribution in [0, 0.1) is 5.92 Å². The molecule has 1 unspecified atom stereocenters. The number of benzene rings is 1. The number of carbonyl (C=O) groups excluding carboxylic acids is 1. The first-order valence-corrected chi connectivity index (χ1v) is 6.64. The van der Waals surface area contributed by atoms with Gasteiger partial charge < -0.3 is 9.88 Å². The van der Waals surface area contributed by atoms with E-state index in [1.807, 2.05) is 35.4 Å². The van der Waals surface area contributed by atoms with Crippen molar-refractivity contribution >= 4 is 16.8 Å². The van der Waals surface area contributed by atoms with Crippen LogP contribution < -0.4 is 0 Å². The molecule has 1 atom stereocenters. The van der Waals surface area contributed by atoms with Crippen molar-refractivity contribution in [1.29, 1.82) is 0 Å². The molecule has 1 fully saturated rings. The first-order valence-electron chi connectivity index (χ1n) is 6.64. The molecule has 3 heteroatoms. The topological polar surface area (TPSA) is 36.1 Å². The van der Waals surface area contributed by atoms with E-state index >= 15 is 0 Å². The minimum Gasteiger partial charge on any atom is -0.361 e. The summed E-state index contributed by atoms with van der Waals surface area (Å²) in [7, 11) is 0. The number of nitrogens with zero attached hydrogens (tertiary/aromatic N) is 1. The number of carbonyl (C=O) groups is 1. The van der Waals surface area contributed by atoms with Crippen LogP contribution in [-0.4, -0.2) is 28.9 Å². The van der Waals surface area contributed by atoms with Crippen molar-refractivity contribution in [1.82, 2.24) is 9.88 Å².